The lowest BCUT2D eigenvalue weighted by atomic mass is 10.1. The van der Waals surface area contributed by atoms with E-state index in [1.165, 1.54) is 4.57 Å². The number of benzene rings is 3. The Bertz CT molecular complexity index is 1570. The lowest BCUT2D eigenvalue weighted by Crippen LogP contribution is -2.28. The maximum absolute atomic E-state index is 13.3. The number of fused-ring (bicyclic) bond motifs is 1. The Morgan fingerprint density at radius 2 is 1.69 bits per heavy atom. The van der Waals surface area contributed by atoms with E-state index < -0.39 is 0 Å². The van der Waals surface area contributed by atoms with Gasteiger partial charge in [0.2, 0.25) is 0 Å². The van der Waals surface area contributed by atoms with Crippen molar-refractivity contribution in [2.75, 3.05) is 17.2 Å². The Hall–Kier alpha value is -4.24. The largest absolute Gasteiger partial charge is 0.338 e. The molecule has 0 saturated heterocycles. The first-order valence-corrected chi connectivity index (χ1v) is 11.5. The molecule has 35 heavy (non-hydrogen) atoms. The second-order valence-electron chi connectivity index (χ2n) is 8.07. The maximum atomic E-state index is 13.3. The Morgan fingerprint density at radius 3 is 2.43 bits per heavy atom. The van der Waals surface area contributed by atoms with Gasteiger partial charge >= 0.3 is 6.03 Å². The van der Waals surface area contributed by atoms with E-state index in [-0.39, 0.29) is 22.3 Å². The molecule has 1 heterocycles. The monoisotopic (exact) mass is 487 g/mol. The third-order valence-corrected chi connectivity index (χ3v) is 5.98. The number of H-pyrrole nitrogens is 1. The zero-order valence-electron chi connectivity index (χ0n) is 19.6. The van der Waals surface area contributed by atoms with Gasteiger partial charge in [0.1, 0.15) is 0 Å². The van der Waals surface area contributed by atoms with Crippen LogP contribution >= 0.6 is 12.2 Å². The van der Waals surface area contributed by atoms with Gasteiger partial charge in [-0.25, -0.2) is 4.79 Å². The van der Waals surface area contributed by atoms with Gasteiger partial charge < -0.3 is 20.9 Å². The van der Waals surface area contributed by atoms with Crippen molar-refractivity contribution in [2.45, 2.75) is 20.8 Å². The summed E-state index contributed by atoms with van der Waals surface area (Å²) in [6.07, 6.45) is 0. The van der Waals surface area contributed by atoms with Crippen molar-refractivity contribution >= 4 is 46.4 Å². The first-order chi connectivity index (χ1) is 16.8. The van der Waals surface area contributed by atoms with Crippen molar-refractivity contribution in [1.82, 2.24) is 14.9 Å². The quantitative estimate of drug-likeness (QED) is 0.295. The normalized spacial score (nSPS) is 10.7. The fourth-order valence-electron chi connectivity index (χ4n) is 3.77. The number of aromatic amines is 1. The van der Waals surface area contributed by atoms with Crippen molar-refractivity contribution in [3.63, 3.8) is 0 Å². The van der Waals surface area contributed by atoms with E-state index in [9.17, 15) is 14.4 Å². The predicted octanol–water partition coefficient (Wildman–Crippen LogP) is 5.06. The molecule has 0 aliphatic rings. The number of hydrogen-bond donors (Lipinski definition) is 4. The SMILES string of the molecule is CCNC(=O)Nc1cccc(NC(=O)c2ccc3c(=O)n(-c4cccc(C)c4C)c(=S)[nH]c3c2)c1. The first-order valence-electron chi connectivity index (χ1n) is 11.1. The molecule has 0 saturated carbocycles. The van der Waals surface area contributed by atoms with E-state index in [1.54, 1.807) is 42.5 Å². The molecule has 0 atom stereocenters. The number of anilines is 2. The molecule has 4 N–H and O–H groups in total. The average molecular weight is 488 g/mol. The third-order valence-electron chi connectivity index (χ3n) is 5.69. The van der Waals surface area contributed by atoms with Crippen LogP contribution in [-0.2, 0) is 0 Å². The number of hydrogen-bond acceptors (Lipinski definition) is 4. The molecule has 0 bridgehead atoms. The minimum absolute atomic E-state index is 0.248. The number of rotatable bonds is 5. The predicted molar refractivity (Wildman–Crippen MR) is 141 cm³/mol. The Balaban J connectivity index is 1.64. The number of carbonyl (C=O) groups is 2. The highest BCUT2D eigenvalue weighted by Gasteiger charge is 2.13. The molecule has 0 aliphatic heterocycles. The van der Waals surface area contributed by atoms with E-state index >= 15 is 0 Å². The minimum Gasteiger partial charge on any atom is -0.338 e. The van der Waals surface area contributed by atoms with Crippen molar-refractivity contribution < 1.29 is 9.59 Å². The highest BCUT2D eigenvalue weighted by Crippen LogP contribution is 2.20. The van der Waals surface area contributed by atoms with Gasteiger partial charge in [0, 0.05) is 23.5 Å². The number of aryl methyl sites for hydroxylation is 1. The van der Waals surface area contributed by atoms with Crippen molar-refractivity contribution in [3.05, 3.63) is 92.5 Å². The van der Waals surface area contributed by atoms with Gasteiger partial charge in [0.25, 0.3) is 11.5 Å². The molecule has 3 amide bonds. The van der Waals surface area contributed by atoms with Crippen LogP contribution in [0.4, 0.5) is 16.2 Å². The Kier molecular flexibility index (Phi) is 6.79. The summed E-state index contributed by atoms with van der Waals surface area (Å²) in [6.45, 7) is 6.26. The molecule has 3 aromatic carbocycles. The van der Waals surface area contributed by atoms with Crippen LogP contribution in [0.15, 0.2) is 65.5 Å². The van der Waals surface area contributed by atoms with Gasteiger partial charge in [-0.1, -0.05) is 18.2 Å². The molecule has 178 valence electrons. The van der Waals surface area contributed by atoms with E-state index in [2.05, 4.69) is 20.9 Å². The van der Waals surface area contributed by atoms with Gasteiger partial charge in [0.05, 0.1) is 16.6 Å². The topological polar surface area (TPSA) is 108 Å². The van der Waals surface area contributed by atoms with Gasteiger partial charge in [-0.2, -0.15) is 0 Å². The summed E-state index contributed by atoms with van der Waals surface area (Å²) in [7, 11) is 0. The van der Waals surface area contributed by atoms with Crippen LogP contribution in [0.2, 0.25) is 0 Å². The van der Waals surface area contributed by atoms with Gasteiger partial charge in [0.15, 0.2) is 4.77 Å². The lowest BCUT2D eigenvalue weighted by molar-refractivity contribution is 0.102. The van der Waals surface area contributed by atoms with Crippen molar-refractivity contribution in [1.29, 1.82) is 0 Å². The number of aromatic nitrogens is 2. The van der Waals surface area contributed by atoms with Crippen LogP contribution in [0.1, 0.15) is 28.4 Å². The van der Waals surface area contributed by atoms with E-state index in [0.717, 1.165) is 16.8 Å². The summed E-state index contributed by atoms with van der Waals surface area (Å²) in [5.41, 5.74) is 4.38. The van der Waals surface area contributed by atoms with Crippen LogP contribution in [0.3, 0.4) is 0 Å². The lowest BCUT2D eigenvalue weighted by Gasteiger charge is -2.13. The van der Waals surface area contributed by atoms with Gasteiger partial charge in [-0.05, 0) is 86.6 Å². The highest BCUT2D eigenvalue weighted by atomic mass is 32.1. The van der Waals surface area contributed by atoms with Crippen LogP contribution in [0.5, 0.6) is 0 Å². The molecular formula is C26H25N5O3S. The summed E-state index contributed by atoms with van der Waals surface area (Å²) in [5.74, 6) is -0.361. The molecular weight excluding hydrogens is 462 g/mol. The second kappa shape index (κ2) is 9.94. The number of nitrogens with zero attached hydrogens (tertiary/aromatic N) is 1. The first kappa shape index (κ1) is 23.9. The van der Waals surface area contributed by atoms with E-state index in [1.807, 2.05) is 39.0 Å². The average Bonchev–Trinajstić information content (AvgIpc) is 2.81. The summed E-state index contributed by atoms with van der Waals surface area (Å²) in [6, 6.07) is 17.0. The summed E-state index contributed by atoms with van der Waals surface area (Å²) in [4.78, 5) is 41.0. The van der Waals surface area contributed by atoms with Crippen LogP contribution in [0, 0.1) is 18.6 Å². The highest BCUT2D eigenvalue weighted by molar-refractivity contribution is 7.71. The fourth-order valence-corrected chi connectivity index (χ4v) is 4.06. The molecule has 8 nitrogen and oxygen atoms in total. The zero-order chi connectivity index (χ0) is 25.1. The second-order valence-corrected chi connectivity index (χ2v) is 8.46. The third kappa shape index (κ3) is 4.99. The zero-order valence-corrected chi connectivity index (χ0v) is 20.4. The summed E-state index contributed by atoms with van der Waals surface area (Å²) >= 11 is 5.50. The number of carbonyl (C=O) groups excluding carboxylic acids is 2. The smallest absolute Gasteiger partial charge is 0.319 e. The molecule has 4 aromatic rings. The van der Waals surface area contributed by atoms with Crippen LogP contribution in [0.25, 0.3) is 16.6 Å². The molecule has 0 fully saturated rings. The van der Waals surface area contributed by atoms with Crippen LogP contribution < -0.4 is 21.5 Å². The van der Waals surface area contributed by atoms with E-state index in [4.69, 9.17) is 12.2 Å². The Labute approximate surface area is 207 Å². The molecule has 9 heteroatoms. The summed E-state index contributed by atoms with van der Waals surface area (Å²) in [5, 5.41) is 8.59. The maximum Gasteiger partial charge on any atom is 0.319 e. The van der Waals surface area contributed by atoms with Crippen molar-refractivity contribution in [2.24, 2.45) is 0 Å². The Morgan fingerprint density at radius 1 is 0.971 bits per heavy atom. The summed E-state index contributed by atoms with van der Waals surface area (Å²) < 4.78 is 1.73. The molecule has 4 rings (SSSR count). The number of nitrogens with one attached hydrogen (secondary N) is 4. The standard InChI is InChI=1S/C26H25N5O3S/c1-4-27-25(34)29-19-9-6-8-18(14-19)28-23(32)17-11-12-20-21(13-17)30-26(35)31(24(20)33)22-10-5-7-15(2)16(22)3/h5-14H,4H2,1-3H3,(H,28,32)(H,30,35)(H2,27,29,34). The molecule has 0 radical (unpaired) electrons. The molecule has 0 spiro atoms. The molecule has 0 aliphatic carbocycles. The minimum atomic E-state index is -0.361. The fraction of sp³-hybridized carbons (Fsp3) is 0.154. The van der Waals surface area contributed by atoms with Crippen molar-refractivity contribution in [3.8, 4) is 5.69 Å². The molecule has 1 aromatic heterocycles. The van der Waals surface area contributed by atoms with Gasteiger partial charge in [-0.3, -0.25) is 14.2 Å². The van der Waals surface area contributed by atoms with Crippen LogP contribution in [-0.4, -0.2) is 28.0 Å². The van der Waals surface area contributed by atoms with E-state index in [0.29, 0.717) is 34.4 Å². The molecule has 0 unspecified atom stereocenters. The number of urea groups is 1. The van der Waals surface area contributed by atoms with Gasteiger partial charge in [-0.15, -0.1) is 0 Å². The number of amides is 3.